The highest BCUT2D eigenvalue weighted by Gasteiger charge is 2.23. The summed E-state index contributed by atoms with van der Waals surface area (Å²) < 4.78 is 0. The Bertz CT molecular complexity index is 787. The Morgan fingerprint density at radius 1 is 1.22 bits per heavy atom. The maximum Gasteiger partial charge on any atom is 0.138 e. The molecule has 2 atom stereocenters. The lowest BCUT2D eigenvalue weighted by Gasteiger charge is -2.35. The van der Waals surface area contributed by atoms with Gasteiger partial charge in [-0.1, -0.05) is 0 Å². The summed E-state index contributed by atoms with van der Waals surface area (Å²) in [7, 11) is 0. The molecule has 6 nitrogen and oxygen atoms in total. The number of rotatable bonds is 4. The first-order valence-corrected chi connectivity index (χ1v) is 10.6. The van der Waals surface area contributed by atoms with Crippen LogP contribution in [0, 0.1) is 0 Å². The molecule has 2 aliphatic rings. The van der Waals surface area contributed by atoms with E-state index in [0.717, 1.165) is 54.8 Å². The number of anilines is 1. The van der Waals surface area contributed by atoms with E-state index in [4.69, 9.17) is 4.98 Å². The minimum absolute atomic E-state index is 0.347. The highest BCUT2D eigenvalue weighted by Crippen LogP contribution is 2.32. The number of hydrogen-bond acceptors (Lipinski definition) is 7. The number of ketones is 1. The number of carbonyl (C=O) groups excluding carboxylic acids is 1. The summed E-state index contributed by atoms with van der Waals surface area (Å²) in [6.45, 7) is 8.96. The Balaban J connectivity index is 1.51. The molecule has 2 fully saturated rings. The minimum atomic E-state index is 0.347. The number of pyridine rings is 1. The quantitative estimate of drug-likeness (QED) is 0.873. The summed E-state index contributed by atoms with van der Waals surface area (Å²) in [4.78, 5) is 25.8. The molecule has 0 spiro atoms. The Kier molecular flexibility index (Phi) is 5.52. The third-order valence-electron chi connectivity index (χ3n) is 5.21. The second-order valence-corrected chi connectivity index (χ2v) is 8.57. The molecule has 2 aliphatic heterocycles. The van der Waals surface area contributed by atoms with Crippen LogP contribution in [0.1, 0.15) is 32.4 Å². The van der Waals surface area contributed by atoms with Gasteiger partial charge in [0.05, 0.1) is 11.3 Å². The lowest BCUT2D eigenvalue weighted by atomic mass is 10.1. The topological polar surface area (TPSA) is 61.4 Å². The maximum absolute atomic E-state index is 11.6. The molecule has 0 radical (unpaired) electrons. The Labute approximate surface area is 164 Å². The summed E-state index contributed by atoms with van der Waals surface area (Å²) in [5.41, 5.74) is 2.20. The third kappa shape index (κ3) is 4.36. The first kappa shape index (κ1) is 18.5. The zero-order chi connectivity index (χ0) is 18.8. The summed E-state index contributed by atoms with van der Waals surface area (Å²) in [6, 6.07) is 5.09. The molecule has 0 bridgehead atoms. The lowest BCUT2D eigenvalue weighted by Crippen LogP contribution is -2.53. The monoisotopic (exact) mass is 385 g/mol. The van der Waals surface area contributed by atoms with Crippen LogP contribution in [0.2, 0.25) is 0 Å². The maximum atomic E-state index is 11.6. The molecular formula is C20H27N5OS. The molecular weight excluding hydrogens is 358 g/mol. The summed E-state index contributed by atoms with van der Waals surface area (Å²) in [5, 5.41) is 6.76. The van der Waals surface area contributed by atoms with E-state index in [2.05, 4.69) is 45.4 Å². The van der Waals surface area contributed by atoms with Crippen LogP contribution in [-0.2, 0) is 11.3 Å². The van der Waals surface area contributed by atoms with E-state index in [0.29, 0.717) is 30.7 Å². The van der Waals surface area contributed by atoms with Crippen molar-refractivity contribution in [3.8, 4) is 10.6 Å². The van der Waals surface area contributed by atoms with Crippen molar-refractivity contribution >= 4 is 22.9 Å². The van der Waals surface area contributed by atoms with E-state index in [1.54, 1.807) is 11.3 Å². The number of aromatic nitrogens is 2. The number of Topliss-reactive ketones (excluding diaryl/α,β-unsaturated/α-hetero) is 1. The van der Waals surface area contributed by atoms with Crippen LogP contribution < -0.4 is 10.2 Å². The minimum Gasteiger partial charge on any atom is -0.355 e. The zero-order valence-corrected chi connectivity index (χ0v) is 16.8. The largest absolute Gasteiger partial charge is 0.355 e. The van der Waals surface area contributed by atoms with Gasteiger partial charge >= 0.3 is 0 Å². The number of thiazole rings is 1. The van der Waals surface area contributed by atoms with Gasteiger partial charge in [-0.05, 0) is 26.0 Å². The molecule has 0 aromatic carbocycles. The van der Waals surface area contributed by atoms with Crippen LogP contribution in [0.4, 0.5) is 5.82 Å². The van der Waals surface area contributed by atoms with Crippen molar-refractivity contribution in [3.63, 3.8) is 0 Å². The average Bonchev–Trinajstić information content (AvgIpc) is 3.10. The van der Waals surface area contributed by atoms with Crippen molar-refractivity contribution in [1.29, 1.82) is 0 Å². The van der Waals surface area contributed by atoms with Gasteiger partial charge < -0.3 is 10.2 Å². The van der Waals surface area contributed by atoms with Gasteiger partial charge in [0.1, 0.15) is 16.6 Å². The fourth-order valence-corrected chi connectivity index (χ4v) is 4.92. The summed E-state index contributed by atoms with van der Waals surface area (Å²) in [6.07, 6.45) is 3.05. The van der Waals surface area contributed by atoms with Gasteiger partial charge in [-0.15, -0.1) is 11.3 Å². The molecule has 4 heterocycles. The van der Waals surface area contributed by atoms with Gasteiger partial charge in [0.2, 0.25) is 0 Å². The highest BCUT2D eigenvalue weighted by molar-refractivity contribution is 7.13. The van der Waals surface area contributed by atoms with Crippen LogP contribution in [0.25, 0.3) is 10.6 Å². The number of nitrogens with zero attached hydrogens (tertiary/aromatic N) is 4. The SMILES string of the molecule is CC1CN(Cc2csc(-c3cccnc3N3CCC(=O)CC3)n2)CC(C)N1. The van der Waals surface area contributed by atoms with Crippen LogP contribution >= 0.6 is 11.3 Å². The van der Waals surface area contributed by atoms with Crippen molar-refractivity contribution in [2.24, 2.45) is 0 Å². The van der Waals surface area contributed by atoms with Crippen molar-refractivity contribution in [3.05, 3.63) is 29.4 Å². The molecule has 2 aromatic rings. The molecule has 144 valence electrons. The molecule has 0 saturated carbocycles. The smallest absolute Gasteiger partial charge is 0.138 e. The lowest BCUT2D eigenvalue weighted by molar-refractivity contribution is -0.119. The van der Waals surface area contributed by atoms with Gasteiger partial charge in [0, 0.05) is 69.2 Å². The molecule has 2 aromatic heterocycles. The molecule has 27 heavy (non-hydrogen) atoms. The number of piperidine rings is 1. The second kappa shape index (κ2) is 8.04. The fraction of sp³-hybridized carbons (Fsp3) is 0.550. The highest BCUT2D eigenvalue weighted by atomic mass is 32.1. The average molecular weight is 386 g/mol. The van der Waals surface area contributed by atoms with Crippen molar-refractivity contribution < 1.29 is 4.79 Å². The molecule has 0 aliphatic carbocycles. The third-order valence-corrected chi connectivity index (χ3v) is 6.13. The standard InChI is InChI=1S/C20H27N5OS/c1-14-10-24(11-15(2)22-14)12-16-13-27-20(23-16)18-4-3-7-21-19(18)25-8-5-17(26)6-9-25/h3-4,7,13-15,22H,5-6,8-12H2,1-2H3. The van der Waals surface area contributed by atoms with Gasteiger partial charge in [0.25, 0.3) is 0 Å². The number of hydrogen-bond donors (Lipinski definition) is 1. The first-order valence-electron chi connectivity index (χ1n) is 9.73. The molecule has 1 N–H and O–H groups in total. The predicted molar refractivity (Wildman–Crippen MR) is 109 cm³/mol. The summed E-state index contributed by atoms with van der Waals surface area (Å²) in [5.74, 6) is 1.30. The van der Waals surface area contributed by atoms with E-state index in [1.165, 1.54) is 0 Å². The molecule has 2 unspecified atom stereocenters. The molecule has 7 heteroatoms. The number of piperazine rings is 1. The van der Waals surface area contributed by atoms with Gasteiger partial charge in [-0.25, -0.2) is 9.97 Å². The second-order valence-electron chi connectivity index (χ2n) is 7.71. The van der Waals surface area contributed by atoms with Crippen molar-refractivity contribution in [2.75, 3.05) is 31.1 Å². The normalized spacial score (nSPS) is 24.4. The van der Waals surface area contributed by atoms with Crippen molar-refractivity contribution in [1.82, 2.24) is 20.2 Å². The van der Waals surface area contributed by atoms with Gasteiger partial charge in [0.15, 0.2) is 0 Å². The Morgan fingerprint density at radius 2 is 1.96 bits per heavy atom. The Morgan fingerprint density at radius 3 is 2.70 bits per heavy atom. The van der Waals surface area contributed by atoms with E-state index >= 15 is 0 Å². The van der Waals surface area contributed by atoms with E-state index in [-0.39, 0.29) is 0 Å². The molecule has 0 amide bonds. The fourth-order valence-electron chi connectivity index (χ4n) is 4.09. The Hall–Kier alpha value is -1.83. The van der Waals surface area contributed by atoms with E-state index in [1.807, 2.05) is 12.3 Å². The van der Waals surface area contributed by atoms with Crippen LogP contribution in [-0.4, -0.2) is 58.9 Å². The van der Waals surface area contributed by atoms with E-state index in [9.17, 15) is 4.79 Å². The van der Waals surface area contributed by atoms with Crippen LogP contribution in [0.15, 0.2) is 23.7 Å². The van der Waals surface area contributed by atoms with E-state index < -0.39 is 0 Å². The zero-order valence-electron chi connectivity index (χ0n) is 16.0. The predicted octanol–water partition coefficient (Wildman–Crippen LogP) is 2.56. The van der Waals surface area contributed by atoms with Crippen LogP contribution in [0.3, 0.4) is 0 Å². The van der Waals surface area contributed by atoms with Crippen molar-refractivity contribution in [2.45, 2.75) is 45.3 Å². The molecule has 4 rings (SSSR count). The van der Waals surface area contributed by atoms with Gasteiger partial charge in [-0.3, -0.25) is 9.69 Å². The number of carbonyl (C=O) groups is 1. The van der Waals surface area contributed by atoms with Crippen LogP contribution in [0.5, 0.6) is 0 Å². The molecule has 2 saturated heterocycles. The number of nitrogens with one attached hydrogen (secondary N) is 1. The summed E-state index contributed by atoms with van der Waals surface area (Å²) >= 11 is 1.68. The first-order chi connectivity index (χ1) is 13.1. The van der Waals surface area contributed by atoms with Gasteiger partial charge in [-0.2, -0.15) is 0 Å².